The highest BCUT2D eigenvalue weighted by Crippen LogP contribution is 2.44. The topological polar surface area (TPSA) is 293 Å². The molecule has 0 aliphatic carbocycles. The largest absolute Gasteiger partial charge is 0.490 e. The number of aryl methyl sites for hydroxylation is 1. The Morgan fingerprint density at radius 1 is 0.815 bits per heavy atom. The summed E-state index contributed by atoms with van der Waals surface area (Å²) >= 11 is 0. The van der Waals surface area contributed by atoms with Crippen LogP contribution < -0.4 is 30.3 Å². The highest BCUT2D eigenvalue weighted by atomic mass is 19.4. The van der Waals surface area contributed by atoms with Gasteiger partial charge in [-0.05, 0) is 81.3 Å². The Labute approximate surface area is 461 Å². The summed E-state index contributed by atoms with van der Waals surface area (Å²) in [6, 6.07) is 8.07. The molecule has 7 rings (SSSR count). The van der Waals surface area contributed by atoms with E-state index < -0.39 is 109 Å². The lowest BCUT2D eigenvalue weighted by Crippen LogP contribution is -2.64. The fourth-order valence-corrected chi connectivity index (χ4v) is 9.45. The van der Waals surface area contributed by atoms with Gasteiger partial charge >= 0.3 is 42.1 Å². The van der Waals surface area contributed by atoms with Gasteiger partial charge in [-0.2, -0.15) is 13.2 Å². The quantitative estimate of drug-likeness (QED) is 0.0565. The van der Waals surface area contributed by atoms with Gasteiger partial charge in [0.05, 0.1) is 36.7 Å². The van der Waals surface area contributed by atoms with Crippen LogP contribution in [0, 0.1) is 0 Å². The lowest BCUT2D eigenvalue weighted by Gasteiger charge is -2.43. The number of methoxy groups -OCH3 is 1. The summed E-state index contributed by atoms with van der Waals surface area (Å²) < 4.78 is 98.1. The van der Waals surface area contributed by atoms with Crippen LogP contribution in [0.1, 0.15) is 93.0 Å². The van der Waals surface area contributed by atoms with Gasteiger partial charge in [-0.15, -0.1) is 0 Å². The first-order valence-electron chi connectivity index (χ1n) is 25.7. The van der Waals surface area contributed by atoms with Crippen LogP contribution in [0.4, 0.5) is 40.7 Å². The normalized spacial score (nSPS) is 22.5. The molecule has 3 N–H and O–H groups in total. The number of halogens is 3. The van der Waals surface area contributed by atoms with Crippen LogP contribution >= 0.6 is 0 Å². The number of ether oxygens (including phenoxy) is 10. The number of fused-ring (bicyclic) bond motifs is 2. The first kappa shape index (κ1) is 60.4. The van der Waals surface area contributed by atoms with Gasteiger partial charge in [0.15, 0.2) is 42.3 Å². The van der Waals surface area contributed by atoms with Gasteiger partial charge < -0.3 is 72.8 Å². The lowest BCUT2D eigenvalue weighted by molar-refractivity contribution is -0.282. The number of esters is 4. The molecule has 0 spiro atoms. The number of hydrogen-bond donors (Lipinski definition) is 3. The van der Waals surface area contributed by atoms with E-state index in [1.54, 1.807) is 10.2 Å². The molecule has 0 radical (unpaired) electrons. The monoisotopic (exact) mass is 1140 g/mol. The number of rotatable bonds is 19. The van der Waals surface area contributed by atoms with Crippen LogP contribution in [0.25, 0.3) is 0 Å². The Bertz CT molecular complexity index is 2860. The summed E-state index contributed by atoms with van der Waals surface area (Å²) in [6.45, 7) is 6.82. The molecule has 5 amide bonds. The summed E-state index contributed by atoms with van der Waals surface area (Å²) in [6.07, 6.45) is -10.8. The van der Waals surface area contributed by atoms with E-state index in [0.717, 1.165) is 40.7 Å². The van der Waals surface area contributed by atoms with Crippen LogP contribution in [-0.2, 0) is 73.7 Å². The first-order chi connectivity index (χ1) is 38.6. The molecule has 0 saturated carbocycles. The maximum Gasteiger partial charge on any atom is 0.471 e. The maximum atomic E-state index is 15.0. The Hall–Kier alpha value is -8.24. The van der Waals surface area contributed by atoms with Gasteiger partial charge in [-0.25, -0.2) is 14.5 Å². The Kier molecular flexibility index (Phi) is 20.0. The van der Waals surface area contributed by atoms with Crippen molar-refractivity contribution in [2.24, 2.45) is 7.05 Å². The second-order valence-electron chi connectivity index (χ2n) is 18.9. The molecule has 81 heavy (non-hydrogen) atoms. The second-order valence-corrected chi connectivity index (χ2v) is 18.9. The number of alkyl halides is 3. The highest BCUT2D eigenvalue weighted by molar-refractivity contribution is 6.06. The zero-order valence-electron chi connectivity index (χ0n) is 44.7. The maximum absolute atomic E-state index is 15.0. The number of piperidine rings is 1. The summed E-state index contributed by atoms with van der Waals surface area (Å²) in [5.74, 6) is -8.46. The van der Waals surface area contributed by atoms with E-state index in [2.05, 4.69) is 17.2 Å². The Morgan fingerprint density at radius 3 is 2.12 bits per heavy atom. The molecular formula is C53H61F3N6O19. The smallest absolute Gasteiger partial charge is 0.471 e. The average molecular weight is 1140 g/mol. The Morgan fingerprint density at radius 2 is 1.48 bits per heavy atom. The van der Waals surface area contributed by atoms with Crippen LogP contribution in [0.3, 0.4) is 0 Å². The first-order valence-corrected chi connectivity index (χ1v) is 25.7. The minimum atomic E-state index is -5.10. The molecule has 25 nitrogen and oxygen atoms in total. The molecule has 2 aromatic carbocycles. The highest BCUT2D eigenvalue weighted by Gasteiger charge is 2.56. The molecule has 3 fully saturated rings. The molecule has 2 unspecified atom stereocenters. The van der Waals surface area contributed by atoms with E-state index in [-0.39, 0.29) is 78.1 Å². The number of carbonyl (C=O) groups excluding carboxylic acids is 9. The standard InChI is InChI=1S/C53H61F3N6O19/c1-7-21-75-52(71)62-36-26-38(73-23-12-14-40(66)57-33-24-37(60(5)27-33)46(67)58-31-16-18-32(19-17-31)59-51(70)53(54,55)56)39(25-34(36)47(68)61-20-10-8-13-35(61)48(62)80-41-15-9-11-22-74-41)79-50-45(78-30(4)65)43(77-29(3)64)42(76-28(2)63)44(81-50)49(69)72-6/h7,16-19,24-27,35,41-45,48,50H,1,8-15,20-23H2,2-6H3,(H,57,66)(H,58,67)(H,59,70)/t35-,41?,42-,43-,44-,45+,48?,50+/m0/s1. The predicted octanol–water partition coefficient (Wildman–Crippen LogP) is 5.65. The van der Waals surface area contributed by atoms with E-state index in [0.29, 0.717) is 32.3 Å². The number of aromatic nitrogens is 1. The van der Waals surface area contributed by atoms with Crippen molar-refractivity contribution in [1.82, 2.24) is 9.47 Å². The van der Waals surface area contributed by atoms with Crippen molar-refractivity contribution in [1.29, 1.82) is 0 Å². The van der Waals surface area contributed by atoms with E-state index in [9.17, 15) is 51.5 Å². The van der Waals surface area contributed by atoms with Gasteiger partial charge in [0.2, 0.25) is 18.3 Å². The number of nitrogens with one attached hydrogen (secondary N) is 3. The van der Waals surface area contributed by atoms with Crippen molar-refractivity contribution >= 4 is 76.3 Å². The number of carbonyl (C=O) groups is 9. The molecule has 8 atom stereocenters. The fraction of sp³-hybridized carbons (Fsp3) is 0.491. The molecule has 3 aromatic rings. The molecule has 4 aliphatic heterocycles. The second kappa shape index (κ2) is 26.8. The third kappa shape index (κ3) is 15.2. The summed E-state index contributed by atoms with van der Waals surface area (Å²) in [5, 5.41) is 7.00. The molecule has 4 aliphatic rings. The van der Waals surface area contributed by atoms with E-state index >= 15 is 4.79 Å². The number of benzene rings is 2. The number of hydrogen-bond acceptors (Lipinski definition) is 19. The lowest BCUT2D eigenvalue weighted by atomic mass is 9.97. The molecule has 1 aromatic heterocycles. The fourth-order valence-electron chi connectivity index (χ4n) is 9.45. The summed E-state index contributed by atoms with van der Waals surface area (Å²) in [4.78, 5) is 121. The van der Waals surface area contributed by atoms with Gasteiger partial charge in [-0.1, -0.05) is 12.7 Å². The van der Waals surface area contributed by atoms with Gasteiger partial charge in [0, 0.05) is 71.0 Å². The summed E-state index contributed by atoms with van der Waals surface area (Å²) in [7, 11) is 2.54. The Balaban J connectivity index is 1.20. The van der Waals surface area contributed by atoms with Crippen molar-refractivity contribution in [3.63, 3.8) is 0 Å². The summed E-state index contributed by atoms with van der Waals surface area (Å²) in [5.41, 5.74) is 0.101. The number of amides is 5. The average Bonchev–Trinajstić information content (AvgIpc) is 3.83. The zero-order chi connectivity index (χ0) is 58.7. The van der Waals surface area contributed by atoms with E-state index in [1.807, 2.05) is 0 Å². The van der Waals surface area contributed by atoms with Gasteiger partial charge in [0.1, 0.15) is 12.3 Å². The zero-order valence-corrected chi connectivity index (χ0v) is 44.7. The van der Waals surface area contributed by atoms with Crippen molar-refractivity contribution < 1.29 is 104 Å². The van der Waals surface area contributed by atoms with Gasteiger partial charge in [0.25, 0.3) is 11.8 Å². The van der Waals surface area contributed by atoms with Crippen LogP contribution in [-0.4, -0.2) is 152 Å². The predicted molar refractivity (Wildman–Crippen MR) is 273 cm³/mol. The molecular weight excluding hydrogens is 1080 g/mol. The minimum absolute atomic E-state index is 0.0222. The van der Waals surface area contributed by atoms with E-state index in [1.165, 1.54) is 71.3 Å². The third-order valence-electron chi connectivity index (χ3n) is 13.0. The third-order valence-corrected chi connectivity index (χ3v) is 13.0. The molecule has 0 bridgehead atoms. The number of nitrogens with zero attached hydrogens (tertiary/aromatic N) is 3. The van der Waals surface area contributed by atoms with Crippen molar-refractivity contribution in [3.05, 3.63) is 72.6 Å². The molecule has 28 heteroatoms. The van der Waals surface area contributed by atoms with Crippen molar-refractivity contribution in [3.8, 4) is 11.5 Å². The molecule has 3 saturated heterocycles. The minimum Gasteiger partial charge on any atom is -0.490 e. The van der Waals surface area contributed by atoms with Crippen molar-refractivity contribution in [2.75, 3.05) is 54.3 Å². The van der Waals surface area contributed by atoms with E-state index in [4.69, 9.17) is 47.4 Å². The van der Waals surface area contributed by atoms with Crippen LogP contribution in [0.15, 0.2) is 61.3 Å². The SMILES string of the molecule is C=CCOC(=O)N1c2cc(OCCCC(=O)Nc3cc(C(=O)Nc4ccc(NC(=O)C(F)(F)F)cc4)n(C)c3)c(O[C@@H]3O[C@H](C(=O)OC)[C@@H](OC(C)=O)[C@H](OC(C)=O)[C@H]3OC(C)=O)cc2C(=O)N2CCCC[C@H]2C1OC1CCCCO1. The molecule has 438 valence electrons. The number of anilines is 4. The molecule has 5 heterocycles. The van der Waals surface area contributed by atoms with Crippen LogP contribution in [0.2, 0.25) is 0 Å². The van der Waals surface area contributed by atoms with Crippen molar-refractivity contribution in [2.45, 2.75) is 128 Å². The van der Waals surface area contributed by atoms with Gasteiger partial charge in [-0.3, -0.25) is 33.6 Å². The van der Waals surface area contributed by atoms with Crippen LogP contribution in [0.5, 0.6) is 11.5 Å².